The molecular weight excluding hydrogens is 382 g/mol. The maximum absolute atomic E-state index is 12.5. The summed E-state index contributed by atoms with van der Waals surface area (Å²) in [6.07, 6.45) is 0.796. The number of benzene rings is 1. The van der Waals surface area contributed by atoms with Crippen LogP contribution in [0.1, 0.15) is 41.6 Å². The number of rotatable bonds is 4. The third kappa shape index (κ3) is 3.13. The summed E-state index contributed by atoms with van der Waals surface area (Å²) >= 11 is 0. The SMILES string of the molecule is COc1ccc([C@@H]2CC(=O)Nc3c2c(C)nn3[C@@H]2CCS(=O)(=O)C2)cc1OC. The number of carbonyl (C=O) groups is 1. The molecule has 1 N–H and O–H groups in total. The number of hydrogen-bond donors (Lipinski definition) is 1. The fraction of sp³-hybridized carbons (Fsp3) is 0.474. The molecule has 28 heavy (non-hydrogen) atoms. The highest BCUT2D eigenvalue weighted by Crippen LogP contribution is 2.43. The number of carbonyl (C=O) groups excluding carboxylic acids is 1. The number of amides is 1. The highest BCUT2D eigenvalue weighted by Gasteiger charge is 2.37. The Hall–Kier alpha value is -2.55. The molecule has 1 aromatic carbocycles. The summed E-state index contributed by atoms with van der Waals surface area (Å²) in [4.78, 5) is 12.5. The highest BCUT2D eigenvalue weighted by atomic mass is 32.2. The zero-order chi connectivity index (χ0) is 20.1. The summed E-state index contributed by atoms with van der Waals surface area (Å²) in [6.45, 7) is 1.89. The average Bonchev–Trinajstić information content (AvgIpc) is 3.19. The lowest BCUT2D eigenvalue weighted by Gasteiger charge is -2.26. The van der Waals surface area contributed by atoms with Gasteiger partial charge in [0.15, 0.2) is 21.3 Å². The summed E-state index contributed by atoms with van der Waals surface area (Å²) < 4.78 is 36.2. The molecule has 9 heteroatoms. The van der Waals surface area contributed by atoms with Gasteiger partial charge in [0.1, 0.15) is 5.82 Å². The largest absolute Gasteiger partial charge is 0.493 e. The van der Waals surface area contributed by atoms with Gasteiger partial charge in [-0.2, -0.15) is 5.10 Å². The van der Waals surface area contributed by atoms with Crippen LogP contribution >= 0.6 is 0 Å². The minimum absolute atomic E-state index is 0.0530. The number of methoxy groups -OCH3 is 2. The van der Waals surface area contributed by atoms with E-state index >= 15 is 0 Å². The van der Waals surface area contributed by atoms with Crippen molar-refractivity contribution in [2.75, 3.05) is 31.0 Å². The third-order valence-electron chi connectivity index (χ3n) is 5.49. The summed E-state index contributed by atoms with van der Waals surface area (Å²) in [5.74, 6) is 1.73. The smallest absolute Gasteiger partial charge is 0.226 e. The van der Waals surface area contributed by atoms with Gasteiger partial charge in [-0.1, -0.05) is 6.07 Å². The van der Waals surface area contributed by atoms with Crippen molar-refractivity contribution < 1.29 is 22.7 Å². The monoisotopic (exact) mass is 405 g/mol. The molecule has 1 amide bonds. The van der Waals surface area contributed by atoms with E-state index in [-0.39, 0.29) is 35.8 Å². The number of ether oxygens (including phenoxy) is 2. The Morgan fingerprint density at radius 1 is 1.21 bits per heavy atom. The first-order chi connectivity index (χ1) is 13.3. The predicted molar refractivity (Wildman–Crippen MR) is 104 cm³/mol. The molecule has 2 aromatic rings. The number of nitrogens with one attached hydrogen (secondary N) is 1. The molecule has 0 saturated carbocycles. The molecule has 1 saturated heterocycles. The number of aryl methyl sites for hydroxylation is 1. The van der Waals surface area contributed by atoms with Gasteiger partial charge >= 0.3 is 0 Å². The second kappa shape index (κ2) is 6.80. The van der Waals surface area contributed by atoms with Gasteiger partial charge in [0, 0.05) is 17.9 Å². The van der Waals surface area contributed by atoms with Crippen LogP contribution in [0.25, 0.3) is 0 Å². The van der Waals surface area contributed by atoms with E-state index in [1.807, 2.05) is 25.1 Å². The van der Waals surface area contributed by atoms with Gasteiger partial charge in [-0.25, -0.2) is 13.1 Å². The van der Waals surface area contributed by atoms with E-state index in [4.69, 9.17) is 9.47 Å². The van der Waals surface area contributed by atoms with E-state index in [0.29, 0.717) is 23.7 Å². The molecule has 2 aliphatic rings. The lowest BCUT2D eigenvalue weighted by atomic mass is 9.85. The van der Waals surface area contributed by atoms with Crippen LogP contribution in [0.15, 0.2) is 18.2 Å². The Kier molecular flexibility index (Phi) is 4.57. The number of sulfone groups is 1. The van der Waals surface area contributed by atoms with Crippen LogP contribution in [0.4, 0.5) is 5.82 Å². The third-order valence-corrected chi connectivity index (χ3v) is 7.24. The molecular formula is C19H23N3O5S. The fourth-order valence-corrected chi connectivity index (χ4v) is 5.85. The second-order valence-corrected chi connectivity index (χ2v) is 9.50. The van der Waals surface area contributed by atoms with E-state index in [1.54, 1.807) is 18.9 Å². The van der Waals surface area contributed by atoms with Crippen molar-refractivity contribution in [3.63, 3.8) is 0 Å². The molecule has 0 bridgehead atoms. The quantitative estimate of drug-likeness (QED) is 0.836. The Morgan fingerprint density at radius 3 is 2.61 bits per heavy atom. The van der Waals surface area contributed by atoms with Crippen LogP contribution in [0.3, 0.4) is 0 Å². The molecule has 0 aliphatic carbocycles. The molecule has 150 valence electrons. The zero-order valence-corrected chi connectivity index (χ0v) is 16.9. The summed E-state index contributed by atoms with van der Waals surface area (Å²) in [5.41, 5.74) is 2.64. The topological polar surface area (TPSA) is 99.5 Å². The van der Waals surface area contributed by atoms with Crippen LogP contribution in [0, 0.1) is 6.92 Å². The zero-order valence-electron chi connectivity index (χ0n) is 16.1. The van der Waals surface area contributed by atoms with Crippen molar-refractivity contribution in [2.45, 2.75) is 31.7 Å². The normalized spacial score (nSPS) is 23.2. The summed E-state index contributed by atoms with van der Waals surface area (Å²) in [5, 5.41) is 7.52. The molecule has 3 heterocycles. The first-order valence-corrected chi connectivity index (χ1v) is 11.0. The fourth-order valence-electron chi connectivity index (χ4n) is 4.16. The van der Waals surface area contributed by atoms with Crippen molar-refractivity contribution in [1.29, 1.82) is 0 Å². The molecule has 2 atom stereocenters. The van der Waals surface area contributed by atoms with E-state index in [1.165, 1.54) is 0 Å². The maximum atomic E-state index is 12.5. The van der Waals surface area contributed by atoms with Gasteiger partial charge in [-0.3, -0.25) is 4.79 Å². The van der Waals surface area contributed by atoms with Gasteiger partial charge in [-0.05, 0) is 31.0 Å². The molecule has 4 rings (SSSR count). The second-order valence-electron chi connectivity index (χ2n) is 7.27. The maximum Gasteiger partial charge on any atom is 0.226 e. The predicted octanol–water partition coefficient (Wildman–Crippen LogP) is 2.04. The summed E-state index contributed by atoms with van der Waals surface area (Å²) in [7, 11) is 0.0900. The molecule has 8 nitrogen and oxygen atoms in total. The first kappa shape index (κ1) is 18.8. The minimum Gasteiger partial charge on any atom is -0.493 e. The average molecular weight is 405 g/mol. The first-order valence-electron chi connectivity index (χ1n) is 9.14. The van der Waals surface area contributed by atoms with Crippen LogP contribution in [-0.2, 0) is 14.6 Å². The number of anilines is 1. The van der Waals surface area contributed by atoms with Gasteiger partial charge < -0.3 is 14.8 Å². The van der Waals surface area contributed by atoms with Gasteiger partial charge in [0.05, 0.1) is 37.5 Å². The lowest BCUT2D eigenvalue weighted by Crippen LogP contribution is -2.26. The van der Waals surface area contributed by atoms with Crippen molar-refractivity contribution in [1.82, 2.24) is 9.78 Å². The van der Waals surface area contributed by atoms with E-state index in [0.717, 1.165) is 16.8 Å². The van der Waals surface area contributed by atoms with Gasteiger partial charge in [0.2, 0.25) is 5.91 Å². The van der Waals surface area contributed by atoms with E-state index < -0.39 is 9.84 Å². The molecule has 1 fully saturated rings. The number of nitrogens with zero attached hydrogens (tertiary/aromatic N) is 2. The minimum atomic E-state index is -3.06. The lowest BCUT2D eigenvalue weighted by molar-refractivity contribution is -0.116. The molecule has 1 aromatic heterocycles. The van der Waals surface area contributed by atoms with Crippen molar-refractivity contribution in [3.8, 4) is 11.5 Å². The molecule has 2 aliphatic heterocycles. The highest BCUT2D eigenvalue weighted by molar-refractivity contribution is 7.91. The number of aromatic nitrogens is 2. The van der Waals surface area contributed by atoms with E-state index in [9.17, 15) is 13.2 Å². The Morgan fingerprint density at radius 2 is 1.96 bits per heavy atom. The summed E-state index contributed by atoms with van der Waals surface area (Å²) in [6, 6.07) is 5.37. The van der Waals surface area contributed by atoms with E-state index in [2.05, 4.69) is 10.4 Å². The number of fused-ring (bicyclic) bond motifs is 1. The number of hydrogen-bond acceptors (Lipinski definition) is 6. The van der Waals surface area contributed by atoms with Crippen LogP contribution in [0.2, 0.25) is 0 Å². The van der Waals surface area contributed by atoms with Gasteiger partial charge in [-0.15, -0.1) is 0 Å². The molecule has 0 radical (unpaired) electrons. The van der Waals surface area contributed by atoms with Crippen LogP contribution in [0.5, 0.6) is 11.5 Å². The standard InChI is InChI=1S/C19H23N3O5S/c1-11-18-14(12-4-5-15(26-2)16(8-12)27-3)9-17(23)20-19(18)22(21-11)13-6-7-28(24,25)10-13/h4-5,8,13-14H,6-7,9-10H2,1-3H3,(H,20,23)/t13-,14+/m1/s1. The molecule has 0 spiro atoms. The Bertz CT molecular complexity index is 1040. The van der Waals surface area contributed by atoms with Crippen LogP contribution in [-0.4, -0.2) is 49.8 Å². The van der Waals surface area contributed by atoms with Crippen molar-refractivity contribution in [2.24, 2.45) is 0 Å². The Labute approximate surface area is 163 Å². The van der Waals surface area contributed by atoms with Gasteiger partial charge in [0.25, 0.3) is 0 Å². The molecule has 0 unspecified atom stereocenters. The van der Waals surface area contributed by atoms with Crippen molar-refractivity contribution in [3.05, 3.63) is 35.0 Å². The van der Waals surface area contributed by atoms with Crippen LogP contribution < -0.4 is 14.8 Å². The Balaban J connectivity index is 1.79. The van der Waals surface area contributed by atoms with Crippen molar-refractivity contribution >= 4 is 21.6 Å².